The molecule has 0 atom stereocenters. The van der Waals surface area contributed by atoms with E-state index in [-0.39, 0.29) is 12.5 Å². The number of carbonyl (C=O) groups is 1. The van der Waals surface area contributed by atoms with E-state index in [1.165, 1.54) is 0 Å². The van der Waals surface area contributed by atoms with Gasteiger partial charge in [0.05, 0.1) is 6.21 Å². The number of aryl methyl sites for hydroxylation is 2. The molecule has 0 saturated heterocycles. The molecule has 29 heavy (non-hydrogen) atoms. The van der Waals surface area contributed by atoms with E-state index in [0.29, 0.717) is 12.4 Å². The molecule has 1 N–H and O–H groups in total. The third kappa shape index (κ3) is 5.94. The molecule has 3 aromatic carbocycles. The molecule has 0 fully saturated rings. The standard InChI is InChI=1S/C24H24N2O3/c1-18-9-8-10-19(2)24(18)29-17-23(27)26-25-15-21-13-6-7-14-22(21)28-16-20-11-4-3-5-12-20/h3-15H,16-17H2,1-2H3,(H,26,27). The lowest BCUT2D eigenvalue weighted by molar-refractivity contribution is -0.123. The topological polar surface area (TPSA) is 59.9 Å². The first kappa shape index (κ1) is 20.1. The Balaban J connectivity index is 1.54. The number of rotatable bonds is 8. The molecule has 0 radical (unpaired) electrons. The Labute approximate surface area is 171 Å². The van der Waals surface area contributed by atoms with Crippen molar-refractivity contribution in [2.24, 2.45) is 5.10 Å². The second-order valence-corrected chi connectivity index (χ2v) is 6.61. The van der Waals surface area contributed by atoms with Crippen molar-refractivity contribution in [3.05, 3.63) is 95.1 Å². The molecule has 3 aromatic rings. The molecule has 0 bridgehead atoms. The molecule has 148 valence electrons. The van der Waals surface area contributed by atoms with E-state index in [4.69, 9.17) is 9.47 Å². The van der Waals surface area contributed by atoms with Crippen molar-refractivity contribution in [2.75, 3.05) is 6.61 Å². The minimum absolute atomic E-state index is 0.102. The van der Waals surface area contributed by atoms with Crippen LogP contribution in [0.3, 0.4) is 0 Å². The van der Waals surface area contributed by atoms with Gasteiger partial charge in [-0.2, -0.15) is 5.10 Å². The maximum absolute atomic E-state index is 12.0. The zero-order valence-corrected chi connectivity index (χ0v) is 16.6. The third-order valence-electron chi connectivity index (χ3n) is 4.31. The van der Waals surface area contributed by atoms with Gasteiger partial charge in [-0.25, -0.2) is 5.43 Å². The molecule has 0 heterocycles. The van der Waals surface area contributed by atoms with Crippen molar-refractivity contribution in [3.63, 3.8) is 0 Å². The van der Waals surface area contributed by atoms with E-state index in [1.807, 2.05) is 86.6 Å². The number of benzene rings is 3. The van der Waals surface area contributed by atoms with Crippen LogP contribution in [0, 0.1) is 13.8 Å². The molecule has 0 saturated carbocycles. The number of para-hydroxylation sites is 2. The number of amides is 1. The summed E-state index contributed by atoms with van der Waals surface area (Å²) in [4.78, 5) is 12.0. The first-order valence-corrected chi connectivity index (χ1v) is 9.40. The number of nitrogens with one attached hydrogen (secondary N) is 1. The summed E-state index contributed by atoms with van der Waals surface area (Å²) in [5, 5.41) is 4.03. The van der Waals surface area contributed by atoms with Gasteiger partial charge in [0.1, 0.15) is 18.1 Å². The van der Waals surface area contributed by atoms with Gasteiger partial charge in [-0.3, -0.25) is 4.79 Å². The van der Waals surface area contributed by atoms with E-state index in [0.717, 1.165) is 28.0 Å². The highest BCUT2D eigenvalue weighted by molar-refractivity contribution is 5.85. The molecule has 5 heteroatoms. The predicted octanol–water partition coefficient (Wildman–Crippen LogP) is 4.41. The lowest BCUT2D eigenvalue weighted by Crippen LogP contribution is -2.25. The SMILES string of the molecule is Cc1cccc(C)c1OCC(=O)NN=Cc1ccccc1OCc1ccccc1. The minimum Gasteiger partial charge on any atom is -0.488 e. The Bertz CT molecular complexity index is 964. The summed E-state index contributed by atoms with van der Waals surface area (Å²) >= 11 is 0. The summed E-state index contributed by atoms with van der Waals surface area (Å²) in [6.45, 7) is 4.26. The summed E-state index contributed by atoms with van der Waals surface area (Å²) in [6.07, 6.45) is 1.57. The summed E-state index contributed by atoms with van der Waals surface area (Å²) in [7, 11) is 0. The number of nitrogens with zero attached hydrogens (tertiary/aromatic N) is 1. The smallest absolute Gasteiger partial charge is 0.277 e. The van der Waals surface area contributed by atoms with Gasteiger partial charge < -0.3 is 9.47 Å². The first-order chi connectivity index (χ1) is 14.1. The van der Waals surface area contributed by atoms with Crippen LogP contribution >= 0.6 is 0 Å². The van der Waals surface area contributed by atoms with E-state index >= 15 is 0 Å². The minimum atomic E-state index is -0.327. The highest BCUT2D eigenvalue weighted by Gasteiger charge is 2.07. The normalized spacial score (nSPS) is 10.7. The van der Waals surface area contributed by atoms with Crippen LogP contribution in [-0.2, 0) is 11.4 Å². The van der Waals surface area contributed by atoms with E-state index in [2.05, 4.69) is 10.5 Å². The van der Waals surface area contributed by atoms with Crippen molar-refractivity contribution in [1.29, 1.82) is 0 Å². The fourth-order valence-electron chi connectivity index (χ4n) is 2.82. The summed E-state index contributed by atoms with van der Waals surface area (Å²) in [5.41, 5.74) is 6.33. The first-order valence-electron chi connectivity index (χ1n) is 9.40. The van der Waals surface area contributed by atoms with Crippen molar-refractivity contribution in [1.82, 2.24) is 5.43 Å². The van der Waals surface area contributed by atoms with Crippen LogP contribution in [0.4, 0.5) is 0 Å². The number of hydrogen-bond donors (Lipinski definition) is 1. The van der Waals surface area contributed by atoms with Gasteiger partial charge in [0.15, 0.2) is 6.61 Å². The maximum Gasteiger partial charge on any atom is 0.277 e. The molecule has 0 spiro atoms. The van der Waals surface area contributed by atoms with Crippen LogP contribution in [0.25, 0.3) is 0 Å². The Morgan fingerprint density at radius 2 is 1.59 bits per heavy atom. The van der Waals surface area contributed by atoms with Crippen molar-refractivity contribution in [2.45, 2.75) is 20.5 Å². The highest BCUT2D eigenvalue weighted by atomic mass is 16.5. The monoisotopic (exact) mass is 388 g/mol. The fourth-order valence-corrected chi connectivity index (χ4v) is 2.82. The number of carbonyl (C=O) groups excluding carboxylic acids is 1. The molecular weight excluding hydrogens is 364 g/mol. The maximum atomic E-state index is 12.0. The van der Waals surface area contributed by atoms with E-state index < -0.39 is 0 Å². The number of ether oxygens (including phenoxy) is 2. The molecule has 3 rings (SSSR count). The predicted molar refractivity (Wildman–Crippen MR) is 114 cm³/mol. The van der Waals surface area contributed by atoms with Gasteiger partial charge in [-0.15, -0.1) is 0 Å². The Hall–Kier alpha value is -3.60. The van der Waals surface area contributed by atoms with Gasteiger partial charge in [-0.1, -0.05) is 60.7 Å². The van der Waals surface area contributed by atoms with Gasteiger partial charge >= 0.3 is 0 Å². The Kier molecular flexibility index (Phi) is 7.00. The quantitative estimate of drug-likeness (QED) is 0.459. The number of hydrogen-bond acceptors (Lipinski definition) is 4. The highest BCUT2D eigenvalue weighted by Crippen LogP contribution is 2.22. The van der Waals surface area contributed by atoms with Crippen LogP contribution in [0.2, 0.25) is 0 Å². The molecular formula is C24H24N2O3. The zero-order chi connectivity index (χ0) is 20.5. The number of hydrazone groups is 1. The average Bonchev–Trinajstić information content (AvgIpc) is 2.73. The molecule has 0 aliphatic carbocycles. The van der Waals surface area contributed by atoms with Crippen molar-refractivity contribution in [3.8, 4) is 11.5 Å². The Morgan fingerprint density at radius 3 is 2.34 bits per heavy atom. The van der Waals surface area contributed by atoms with Crippen LogP contribution in [0.1, 0.15) is 22.3 Å². The molecule has 5 nitrogen and oxygen atoms in total. The lowest BCUT2D eigenvalue weighted by atomic mass is 10.1. The summed E-state index contributed by atoms with van der Waals surface area (Å²) < 4.78 is 11.5. The average molecular weight is 388 g/mol. The second kappa shape index (κ2) is 10.1. The van der Waals surface area contributed by atoms with Gasteiger partial charge in [0.2, 0.25) is 0 Å². The van der Waals surface area contributed by atoms with Crippen LogP contribution in [-0.4, -0.2) is 18.7 Å². The van der Waals surface area contributed by atoms with Gasteiger partial charge in [0.25, 0.3) is 5.91 Å². The van der Waals surface area contributed by atoms with Crippen molar-refractivity contribution >= 4 is 12.1 Å². The molecule has 0 aromatic heterocycles. The molecule has 1 amide bonds. The van der Waals surface area contributed by atoms with Crippen molar-refractivity contribution < 1.29 is 14.3 Å². The van der Waals surface area contributed by atoms with Crippen LogP contribution in [0.15, 0.2) is 77.9 Å². The largest absolute Gasteiger partial charge is 0.488 e. The third-order valence-corrected chi connectivity index (χ3v) is 4.31. The molecule has 0 aliphatic rings. The Morgan fingerprint density at radius 1 is 0.897 bits per heavy atom. The van der Waals surface area contributed by atoms with Gasteiger partial charge in [0, 0.05) is 5.56 Å². The lowest BCUT2D eigenvalue weighted by Gasteiger charge is -2.11. The van der Waals surface area contributed by atoms with E-state index in [1.54, 1.807) is 6.21 Å². The fraction of sp³-hybridized carbons (Fsp3) is 0.167. The molecule has 0 unspecified atom stereocenters. The summed E-state index contributed by atoms with van der Waals surface area (Å²) in [6, 6.07) is 23.3. The van der Waals surface area contributed by atoms with Crippen LogP contribution < -0.4 is 14.9 Å². The molecule has 0 aliphatic heterocycles. The summed E-state index contributed by atoms with van der Waals surface area (Å²) in [5.74, 6) is 1.10. The van der Waals surface area contributed by atoms with Gasteiger partial charge in [-0.05, 0) is 42.7 Å². The van der Waals surface area contributed by atoms with E-state index in [9.17, 15) is 4.79 Å². The second-order valence-electron chi connectivity index (χ2n) is 6.61. The zero-order valence-electron chi connectivity index (χ0n) is 16.6. The van der Waals surface area contributed by atoms with Crippen LogP contribution in [0.5, 0.6) is 11.5 Å².